The average Bonchev–Trinajstić information content (AvgIpc) is 3.21. The van der Waals surface area contributed by atoms with Gasteiger partial charge in [0.25, 0.3) is 0 Å². The number of hydrogen-bond donors (Lipinski definition) is 1. The first-order chi connectivity index (χ1) is 11.7. The van der Waals surface area contributed by atoms with Crippen LogP contribution in [0.1, 0.15) is 19.6 Å². The third-order valence-electron chi connectivity index (χ3n) is 2.96. The van der Waals surface area contributed by atoms with E-state index >= 15 is 0 Å². The summed E-state index contributed by atoms with van der Waals surface area (Å²) in [6, 6.07) is 5.31. The van der Waals surface area contributed by atoms with Crippen LogP contribution in [0.15, 0.2) is 46.8 Å². The summed E-state index contributed by atoms with van der Waals surface area (Å²) < 4.78 is 16.6. The van der Waals surface area contributed by atoms with Gasteiger partial charge in [0.1, 0.15) is 18.1 Å². The molecule has 0 aliphatic carbocycles. The number of ether oxygens (including phenoxy) is 2. The molecule has 2 heterocycles. The second kappa shape index (κ2) is 8.56. The number of anilines is 1. The normalized spacial score (nSPS) is 10.1. The SMILES string of the molecule is CCOC(=O)C(=CNc1ccnn1Cc1ccco1)C(=O)OCC. The van der Waals surface area contributed by atoms with Crippen LogP contribution in [-0.2, 0) is 25.6 Å². The molecule has 0 saturated heterocycles. The lowest BCUT2D eigenvalue weighted by molar-refractivity contribution is -0.146. The van der Waals surface area contributed by atoms with Crippen molar-refractivity contribution < 1.29 is 23.5 Å². The van der Waals surface area contributed by atoms with Gasteiger partial charge in [-0.25, -0.2) is 14.3 Å². The fourth-order valence-electron chi connectivity index (χ4n) is 1.90. The Morgan fingerprint density at radius 2 is 1.96 bits per heavy atom. The van der Waals surface area contributed by atoms with E-state index in [2.05, 4.69) is 10.4 Å². The molecule has 2 aromatic heterocycles. The summed E-state index contributed by atoms with van der Waals surface area (Å²) in [7, 11) is 0. The number of esters is 2. The third kappa shape index (κ3) is 4.48. The Labute approximate surface area is 139 Å². The Bertz CT molecular complexity index is 683. The Morgan fingerprint density at radius 3 is 2.54 bits per heavy atom. The Hall–Kier alpha value is -3.03. The third-order valence-corrected chi connectivity index (χ3v) is 2.96. The van der Waals surface area contributed by atoms with Crippen molar-refractivity contribution in [1.29, 1.82) is 0 Å². The summed E-state index contributed by atoms with van der Waals surface area (Å²) in [5, 5.41) is 7.04. The summed E-state index contributed by atoms with van der Waals surface area (Å²) in [5.74, 6) is -0.194. The molecule has 8 nitrogen and oxygen atoms in total. The van der Waals surface area contributed by atoms with Gasteiger partial charge >= 0.3 is 11.9 Å². The average molecular weight is 333 g/mol. The molecule has 0 fully saturated rings. The van der Waals surface area contributed by atoms with Gasteiger partial charge in [-0.3, -0.25) is 0 Å². The van der Waals surface area contributed by atoms with E-state index in [4.69, 9.17) is 13.9 Å². The van der Waals surface area contributed by atoms with E-state index < -0.39 is 11.9 Å². The van der Waals surface area contributed by atoms with Crippen LogP contribution in [0.2, 0.25) is 0 Å². The number of carbonyl (C=O) groups excluding carboxylic acids is 2. The van der Waals surface area contributed by atoms with Gasteiger partial charge < -0.3 is 19.2 Å². The molecular weight excluding hydrogens is 314 g/mol. The maximum Gasteiger partial charge on any atom is 0.347 e. The van der Waals surface area contributed by atoms with E-state index in [1.54, 1.807) is 43.1 Å². The maximum absolute atomic E-state index is 11.9. The molecule has 24 heavy (non-hydrogen) atoms. The summed E-state index contributed by atoms with van der Waals surface area (Å²) in [6.45, 7) is 4.04. The fraction of sp³-hybridized carbons (Fsp3) is 0.312. The molecule has 0 bridgehead atoms. The van der Waals surface area contributed by atoms with E-state index in [0.717, 1.165) is 5.76 Å². The molecule has 0 aliphatic rings. The van der Waals surface area contributed by atoms with E-state index in [1.807, 2.05) is 6.07 Å². The van der Waals surface area contributed by atoms with E-state index in [9.17, 15) is 9.59 Å². The van der Waals surface area contributed by atoms with Crippen LogP contribution in [0.4, 0.5) is 5.82 Å². The molecule has 0 atom stereocenters. The maximum atomic E-state index is 11.9. The van der Waals surface area contributed by atoms with Gasteiger partial charge in [-0.1, -0.05) is 0 Å². The molecule has 0 saturated carbocycles. The number of nitrogens with zero attached hydrogens (tertiary/aromatic N) is 2. The molecule has 2 rings (SSSR count). The highest BCUT2D eigenvalue weighted by molar-refractivity contribution is 6.14. The van der Waals surface area contributed by atoms with Crippen LogP contribution < -0.4 is 5.32 Å². The lowest BCUT2D eigenvalue weighted by Crippen LogP contribution is -2.20. The summed E-state index contributed by atoms with van der Waals surface area (Å²) in [4.78, 5) is 23.8. The first kappa shape index (κ1) is 17.3. The first-order valence-corrected chi connectivity index (χ1v) is 7.50. The van der Waals surface area contributed by atoms with Crippen LogP contribution in [0.5, 0.6) is 0 Å². The molecule has 1 N–H and O–H groups in total. The fourth-order valence-corrected chi connectivity index (χ4v) is 1.90. The van der Waals surface area contributed by atoms with Gasteiger partial charge in [0, 0.05) is 12.3 Å². The zero-order chi connectivity index (χ0) is 17.4. The van der Waals surface area contributed by atoms with E-state index in [-0.39, 0.29) is 18.8 Å². The molecule has 8 heteroatoms. The lowest BCUT2D eigenvalue weighted by Gasteiger charge is -2.09. The molecule has 0 spiro atoms. The molecule has 0 amide bonds. The minimum Gasteiger partial charge on any atom is -0.467 e. The molecule has 0 aliphatic heterocycles. The number of rotatable bonds is 8. The first-order valence-electron chi connectivity index (χ1n) is 7.50. The standard InChI is InChI=1S/C16H19N3O5/c1-3-22-15(20)13(16(21)23-4-2)10-17-14-7-8-18-19(14)11-12-6-5-9-24-12/h5-10,17H,3-4,11H2,1-2H3. The molecular formula is C16H19N3O5. The van der Waals surface area contributed by atoms with Crippen LogP contribution >= 0.6 is 0 Å². The van der Waals surface area contributed by atoms with Crippen LogP contribution in [0.3, 0.4) is 0 Å². The number of carbonyl (C=O) groups is 2. The number of furan rings is 1. The van der Waals surface area contributed by atoms with Crippen molar-refractivity contribution in [2.24, 2.45) is 0 Å². The molecule has 0 radical (unpaired) electrons. The zero-order valence-corrected chi connectivity index (χ0v) is 13.5. The van der Waals surface area contributed by atoms with Crippen molar-refractivity contribution in [3.05, 3.63) is 48.2 Å². The summed E-state index contributed by atoms with van der Waals surface area (Å²) in [6.07, 6.45) is 4.42. The largest absolute Gasteiger partial charge is 0.467 e. The van der Waals surface area contributed by atoms with Crippen LogP contribution in [0.25, 0.3) is 0 Å². The summed E-state index contributed by atoms with van der Waals surface area (Å²) in [5.41, 5.74) is -0.218. The minimum absolute atomic E-state index is 0.159. The Balaban J connectivity index is 2.14. The molecule has 0 unspecified atom stereocenters. The monoisotopic (exact) mass is 333 g/mol. The van der Waals surface area contributed by atoms with Gasteiger partial charge in [0.05, 0.1) is 25.7 Å². The number of aromatic nitrogens is 2. The minimum atomic E-state index is -0.749. The van der Waals surface area contributed by atoms with Gasteiger partial charge in [0.2, 0.25) is 0 Å². The molecule has 2 aromatic rings. The number of nitrogens with one attached hydrogen (secondary N) is 1. The number of hydrogen-bond acceptors (Lipinski definition) is 7. The highest BCUT2D eigenvalue weighted by atomic mass is 16.6. The van der Waals surface area contributed by atoms with Crippen molar-refractivity contribution >= 4 is 17.8 Å². The summed E-state index contributed by atoms with van der Waals surface area (Å²) >= 11 is 0. The van der Waals surface area contributed by atoms with E-state index in [0.29, 0.717) is 12.4 Å². The van der Waals surface area contributed by atoms with Crippen molar-refractivity contribution in [3.63, 3.8) is 0 Å². The van der Waals surface area contributed by atoms with Gasteiger partial charge in [-0.2, -0.15) is 5.10 Å². The lowest BCUT2D eigenvalue weighted by atomic mass is 10.3. The van der Waals surface area contributed by atoms with Gasteiger partial charge in [-0.05, 0) is 26.0 Å². The van der Waals surface area contributed by atoms with Crippen LogP contribution in [0, 0.1) is 0 Å². The topological polar surface area (TPSA) is 95.6 Å². The van der Waals surface area contributed by atoms with Crippen molar-refractivity contribution in [2.75, 3.05) is 18.5 Å². The van der Waals surface area contributed by atoms with Crippen LogP contribution in [-0.4, -0.2) is 34.9 Å². The quantitative estimate of drug-likeness (QED) is 0.341. The second-order valence-corrected chi connectivity index (χ2v) is 4.60. The van der Waals surface area contributed by atoms with Crippen molar-refractivity contribution in [3.8, 4) is 0 Å². The smallest absolute Gasteiger partial charge is 0.347 e. The Morgan fingerprint density at radius 1 is 1.25 bits per heavy atom. The highest BCUT2D eigenvalue weighted by Crippen LogP contribution is 2.12. The highest BCUT2D eigenvalue weighted by Gasteiger charge is 2.21. The Kier molecular flexibility index (Phi) is 6.18. The van der Waals surface area contributed by atoms with Gasteiger partial charge in [-0.15, -0.1) is 0 Å². The molecule has 0 aromatic carbocycles. The van der Waals surface area contributed by atoms with Gasteiger partial charge in [0.15, 0.2) is 5.57 Å². The predicted octanol–water partition coefficient (Wildman–Crippen LogP) is 1.95. The predicted molar refractivity (Wildman–Crippen MR) is 85.0 cm³/mol. The molecule has 128 valence electrons. The second-order valence-electron chi connectivity index (χ2n) is 4.60. The zero-order valence-electron chi connectivity index (χ0n) is 13.5. The van der Waals surface area contributed by atoms with E-state index in [1.165, 1.54) is 6.20 Å². The van der Waals surface area contributed by atoms with Crippen molar-refractivity contribution in [2.45, 2.75) is 20.4 Å². The van der Waals surface area contributed by atoms with Crippen molar-refractivity contribution in [1.82, 2.24) is 9.78 Å².